The maximum atomic E-state index is 13.5. The van der Waals surface area contributed by atoms with Gasteiger partial charge in [-0.25, -0.2) is 4.90 Å². The van der Waals surface area contributed by atoms with E-state index in [1.807, 2.05) is 64.1 Å². The molecule has 0 aromatic heterocycles. The Hall–Kier alpha value is -3.37. The van der Waals surface area contributed by atoms with Gasteiger partial charge in [-0.15, -0.1) is 0 Å². The highest BCUT2D eigenvalue weighted by atomic mass is 35.5. The zero-order valence-electron chi connectivity index (χ0n) is 17.9. The number of nitrogens with one attached hydrogen (secondary N) is 1. The molecular formula is C26H23ClN2O2. The molecule has 0 bridgehead atoms. The third-order valence-electron chi connectivity index (χ3n) is 5.33. The van der Waals surface area contributed by atoms with E-state index in [0.717, 1.165) is 27.9 Å². The second-order valence-electron chi connectivity index (χ2n) is 8.00. The first kappa shape index (κ1) is 20.9. The number of carbonyl (C=O) groups is 2. The molecule has 0 unspecified atom stereocenters. The molecule has 1 aliphatic rings. The molecular weight excluding hydrogens is 408 g/mol. The number of imide groups is 1. The molecule has 0 aliphatic carbocycles. The highest BCUT2D eigenvalue weighted by Crippen LogP contribution is 2.35. The van der Waals surface area contributed by atoms with E-state index in [-0.39, 0.29) is 11.6 Å². The summed E-state index contributed by atoms with van der Waals surface area (Å²) in [6.45, 7) is 7.85. The van der Waals surface area contributed by atoms with Gasteiger partial charge in [-0.3, -0.25) is 9.59 Å². The molecule has 3 aromatic carbocycles. The van der Waals surface area contributed by atoms with Gasteiger partial charge in [0.2, 0.25) is 0 Å². The van der Waals surface area contributed by atoms with Crippen LogP contribution in [0.1, 0.15) is 27.8 Å². The van der Waals surface area contributed by atoms with Gasteiger partial charge in [0, 0.05) is 10.7 Å². The van der Waals surface area contributed by atoms with Crippen LogP contribution in [0, 0.1) is 27.7 Å². The molecule has 1 heterocycles. The van der Waals surface area contributed by atoms with E-state index in [2.05, 4.69) is 11.4 Å². The van der Waals surface area contributed by atoms with Gasteiger partial charge in [-0.05, 0) is 74.2 Å². The van der Waals surface area contributed by atoms with Gasteiger partial charge < -0.3 is 5.32 Å². The Morgan fingerprint density at radius 1 is 0.742 bits per heavy atom. The first-order valence-electron chi connectivity index (χ1n) is 10.1. The van der Waals surface area contributed by atoms with E-state index in [4.69, 9.17) is 11.6 Å². The molecule has 0 spiro atoms. The fourth-order valence-corrected chi connectivity index (χ4v) is 3.96. The van der Waals surface area contributed by atoms with Crippen LogP contribution in [0.5, 0.6) is 0 Å². The topological polar surface area (TPSA) is 49.4 Å². The summed E-state index contributed by atoms with van der Waals surface area (Å²) in [5, 5.41) is 3.73. The Kier molecular flexibility index (Phi) is 5.42. The first-order valence-corrected chi connectivity index (χ1v) is 10.4. The Labute approximate surface area is 187 Å². The summed E-state index contributed by atoms with van der Waals surface area (Å²) in [5.74, 6) is -0.777. The number of nitrogens with zero attached hydrogens (tertiary/aromatic N) is 1. The van der Waals surface area contributed by atoms with Gasteiger partial charge in [0.15, 0.2) is 0 Å². The van der Waals surface area contributed by atoms with Crippen molar-refractivity contribution in [3.05, 3.63) is 99.2 Å². The van der Waals surface area contributed by atoms with Crippen molar-refractivity contribution in [2.24, 2.45) is 0 Å². The molecule has 4 nitrogen and oxygen atoms in total. The van der Waals surface area contributed by atoms with Crippen LogP contribution in [0.2, 0.25) is 5.02 Å². The maximum Gasteiger partial charge on any atom is 0.282 e. The predicted octanol–water partition coefficient (Wildman–Crippen LogP) is 5.97. The van der Waals surface area contributed by atoms with Gasteiger partial charge in [-0.1, -0.05) is 53.6 Å². The molecule has 31 heavy (non-hydrogen) atoms. The number of amides is 2. The number of halogens is 1. The zero-order valence-corrected chi connectivity index (χ0v) is 18.7. The fraction of sp³-hybridized carbons (Fsp3) is 0.154. The molecule has 156 valence electrons. The van der Waals surface area contributed by atoms with Crippen LogP contribution in [0.4, 0.5) is 11.4 Å². The van der Waals surface area contributed by atoms with Crippen LogP contribution in [0.15, 0.2) is 66.4 Å². The molecule has 0 atom stereocenters. The van der Waals surface area contributed by atoms with Crippen molar-refractivity contribution in [1.82, 2.24) is 0 Å². The minimum Gasteiger partial charge on any atom is -0.350 e. The molecule has 3 aromatic rings. The fourth-order valence-electron chi connectivity index (χ4n) is 3.78. The van der Waals surface area contributed by atoms with E-state index in [9.17, 15) is 9.59 Å². The number of hydrogen-bond donors (Lipinski definition) is 1. The number of aryl methyl sites for hydroxylation is 4. The summed E-state index contributed by atoms with van der Waals surface area (Å²) in [5.41, 5.74) is 6.61. The van der Waals surface area contributed by atoms with Crippen LogP contribution in [-0.2, 0) is 9.59 Å². The molecule has 1 N–H and O–H groups in total. The molecule has 0 saturated heterocycles. The standard InChI is InChI=1S/C26H23ClN2O2/c1-15-5-8-19(9-6-15)23-24(28-20-12-16(2)11-17(3)13-20)26(31)29(25(23)30)21-10-7-18(4)22(27)14-21/h5-14,28H,1-4H3. The Morgan fingerprint density at radius 3 is 2.00 bits per heavy atom. The van der Waals surface area contributed by atoms with Crippen LogP contribution in [0.25, 0.3) is 5.57 Å². The van der Waals surface area contributed by atoms with Gasteiger partial charge in [0.1, 0.15) is 5.70 Å². The number of benzene rings is 3. The van der Waals surface area contributed by atoms with Crippen molar-refractivity contribution in [2.45, 2.75) is 27.7 Å². The lowest BCUT2D eigenvalue weighted by Gasteiger charge is -2.16. The SMILES string of the molecule is Cc1ccc(C2=C(Nc3cc(C)cc(C)c3)C(=O)N(c3ccc(C)c(Cl)c3)C2=O)cc1. The lowest BCUT2D eigenvalue weighted by atomic mass is 10.0. The highest BCUT2D eigenvalue weighted by Gasteiger charge is 2.40. The monoisotopic (exact) mass is 430 g/mol. The van der Waals surface area contributed by atoms with Crippen molar-refractivity contribution in [3.8, 4) is 0 Å². The summed E-state index contributed by atoms with van der Waals surface area (Å²) < 4.78 is 0. The Bertz CT molecular complexity index is 1220. The van der Waals surface area contributed by atoms with Gasteiger partial charge >= 0.3 is 0 Å². The minimum atomic E-state index is -0.403. The quantitative estimate of drug-likeness (QED) is 0.518. The van der Waals surface area contributed by atoms with Crippen molar-refractivity contribution >= 4 is 40.4 Å². The average Bonchev–Trinajstić information content (AvgIpc) is 2.94. The third kappa shape index (κ3) is 3.99. The number of anilines is 2. The number of carbonyl (C=O) groups excluding carboxylic acids is 2. The molecule has 4 rings (SSSR count). The van der Waals surface area contributed by atoms with Crippen molar-refractivity contribution in [2.75, 3.05) is 10.2 Å². The molecule has 0 saturated carbocycles. The molecule has 1 aliphatic heterocycles. The normalized spacial score (nSPS) is 13.9. The van der Waals surface area contributed by atoms with Crippen LogP contribution in [0.3, 0.4) is 0 Å². The average molecular weight is 431 g/mol. The summed E-state index contributed by atoms with van der Waals surface area (Å²) in [4.78, 5) is 28.2. The molecule has 5 heteroatoms. The zero-order chi connectivity index (χ0) is 22.3. The summed E-state index contributed by atoms with van der Waals surface area (Å²) in [6.07, 6.45) is 0. The number of hydrogen-bond acceptors (Lipinski definition) is 3. The van der Waals surface area contributed by atoms with Gasteiger partial charge in [0.25, 0.3) is 11.8 Å². The largest absolute Gasteiger partial charge is 0.350 e. The van der Waals surface area contributed by atoms with E-state index < -0.39 is 5.91 Å². The summed E-state index contributed by atoms with van der Waals surface area (Å²) >= 11 is 6.28. The second kappa shape index (κ2) is 8.05. The van der Waals surface area contributed by atoms with Crippen LogP contribution in [-0.4, -0.2) is 11.8 Å². The van der Waals surface area contributed by atoms with Crippen LogP contribution < -0.4 is 10.2 Å². The lowest BCUT2D eigenvalue weighted by Crippen LogP contribution is -2.32. The molecule has 0 fully saturated rings. The minimum absolute atomic E-state index is 0.260. The van der Waals surface area contributed by atoms with Crippen LogP contribution >= 0.6 is 11.6 Å². The van der Waals surface area contributed by atoms with E-state index in [1.165, 1.54) is 4.90 Å². The van der Waals surface area contributed by atoms with Gasteiger partial charge in [-0.2, -0.15) is 0 Å². The van der Waals surface area contributed by atoms with Crippen molar-refractivity contribution in [1.29, 1.82) is 0 Å². The predicted molar refractivity (Wildman–Crippen MR) is 126 cm³/mol. The maximum absolute atomic E-state index is 13.5. The van der Waals surface area contributed by atoms with E-state index in [1.54, 1.807) is 18.2 Å². The first-order chi connectivity index (χ1) is 14.7. The third-order valence-corrected chi connectivity index (χ3v) is 5.74. The summed E-state index contributed by atoms with van der Waals surface area (Å²) in [6, 6.07) is 18.8. The lowest BCUT2D eigenvalue weighted by molar-refractivity contribution is -0.120. The molecule has 2 amide bonds. The Balaban J connectivity index is 1.84. The van der Waals surface area contributed by atoms with E-state index >= 15 is 0 Å². The molecule has 0 radical (unpaired) electrons. The number of rotatable bonds is 4. The van der Waals surface area contributed by atoms with E-state index in [0.29, 0.717) is 21.8 Å². The van der Waals surface area contributed by atoms with Crippen molar-refractivity contribution in [3.63, 3.8) is 0 Å². The summed E-state index contributed by atoms with van der Waals surface area (Å²) in [7, 11) is 0. The Morgan fingerprint density at radius 2 is 1.39 bits per heavy atom. The van der Waals surface area contributed by atoms with Crippen molar-refractivity contribution < 1.29 is 9.59 Å². The highest BCUT2D eigenvalue weighted by molar-refractivity contribution is 6.46. The van der Waals surface area contributed by atoms with Gasteiger partial charge in [0.05, 0.1) is 11.3 Å². The second-order valence-corrected chi connectivity index (χ2v) is 8.40. The smallest absolute Gasteiger partial charge is 0.282 e.